The standard InChI is InChI=1S/C20H16ClF2N5O5S2/c1-9-5-10(28-8-33-17-11(19(28)29)6-12(22)16(24-2)15(17)23)7-25-18(9)26-20(30)27-35(31,32)14-4-3-13(21)34-14/h3-7,24H,8H2,1-2H3,(H2,25,26,27,30). The second-order valence-electron chi connectivity index (χ2n) is 7.16. The molecule has 15 heteroatoms. The number of sulfonamides is 1. The van der Waals surface area contributed by atoms with Gasteiger partial charge in [-0.05, 0) is 36.8 Å². The van der Waals surface area contributed by atoms with Gasteiger partial charge in [-0.2, -0.15) is 0 Å². The average molecular weight is 544 g/mol. The minimum absolute atomic E-state index is 0.0205. The quantitative estimate of drug-likeness (QED) is 0.444. The third-order valence-corrected chi connectivity index (χ3v) is 7.94. The highest BCUT2D eigenvalue weighted by Crippen LogP contribution is 2.36. The van der Waals surface area contributed by atoms with Crippen LogP contribution < -0.4 is 25.0 Å². The minimum atomic E-state index is -4.14. The van der Waals surface area contributed by atoms with Crippen LogP contribution in [0.4, 0.5) is 30.8 Å². The van der Waals surface area contributed by atoms with Crippen molar-refractivity contribution in [3.8, 4) is 5.75 Å². The summed E-state index contributed by atoms with van der Waals surface area (Å²) in [5, 5.41) is 4.70. The number of nitrogens with zero attached hydrogens (tertiary/aromatic N) is 2. The number of carbonyl (C=O) groups excluding carboxylic acids is 2. The Hall–Kier alpha value is -3.49. The summed E-state index contributed by atoms with van der Waals surface area (Å²) in [7, 11) is -2.80. The van der Waals surface area contributed by atoms with E-state index in [1.165, 1.54) is 31.4 Å². The van der Waals surface area contributed by atoms with Crippen molar-refractivity contribution in [1.29, 1.82) is 0 Å². The maximum Gasteiger partial charge on any atom is 0.334 e. The summed E-state index contributed by atoms with van der Waals surface area (Å²) in [5.74, 6) is -3.04. The third kappa shape index (κ3) is 4.72. The lowest BCUT2D eigenvalue weighted by atomic mass is 10.1. The van der Waals surface area contributed by atoms with Crippen LogP contribution in [-0.2, 0) is 10.0 Å². The monoisotopic (exact) mass is 543 g/mol. The number of thiophene rings is 1. The highest BCUT2D eigenvalue weighted by atomic mass is 35.5. The third-order valence-electron chi connectivity index (χ3n) is 4.88. The molecule has 0 saturated carbocycles. The number of ether oxygens (including phenoxy) is 1. The van der Waals surface area contributed by atoms with Gasteiger partial charge in [-0.1, -0.05) is 11.6 Å². The molecular weight excluding hydrogens is 528 g/mol. The van der Waals surface area contributed by atoms with Crippen LogP contribution in [0.3, 0.4) is 0 Å². The second-order valence-corrected chi connectivity index (χ2v) is 10.8. The van der Waals surface area contributed by atoms with E-state index < -0.39 is 39.3 Å². The number of rotatable bonds is 5. The Morgan fingerprint density at radius 2 is 2.03 bits per heavy atom. The highest BCUT2D eigenvalue weighted by Gasteiger charge is 2.32. The lowest BCUT2D eigenvalue weighted by Gasteiger charge is -2.29. The van der Waals surface area contributed by atoms with Crippen LogP contribution in [-0.4, -0.2) is 39.1 Å². The number of urea groups is 1. The Balaban J connectivity index is 1.52. The maximum absolute atomic E-state index is 14.5. The summed E-state index contributed by atoms with van der Waals surface area (Å²) >= 11 is 6.52. The molecule has 2 aromatic heterocycles. The number of aryl methyl sites for hydroxylation is 1. The molecule has 0 radical (unpaired) electrons. The van der Waals surface area contributed by atoms with Crippen molar-refractivity contribution < 1.29 is 31.5 Å². The lowest BCUT2D eigenvalue weighted by molar-refractivity contribution is 0.0932. The number of pyridine rings is 1. The lowest BCUT2D eigenvalue weighted by Crippen LogP contribution is -2.39. The molecule has 10 nitrogen and oxygen atoms in total. The Labute approximate surface area is 206 Å². The first-order valence-corrected chi connectivity index (χ1v) is 12.4. The predicted octanol–water partition coefficient (Wildman–Crippen LogP) is 3.93. The number of amides is 3. The molecule has 184 valence electrons. The van der Waals surface area contributed by atoms with Crippen LogP contribution >= 0.6 is 22.9 Å². The van der Waals surface area contributed by atoms with Crippen LogP contribution in [0.2, 0.25) is 4.34 Å². The van der Waals surface area contributed by atoms with Gasteiger partial charge >= 0.3 is 6.03 Å². The number of aromatic nitrogens is 1. The molecule has 1 aromatic carbocycles. The van der Waals surface area contributed by atoms with Gasteiger partial charge in [-0.15, -0.1) is 11.3 Å². The summed E-state index contributed by atoms with van der Waals surface area (Å²) in [6, 6.07) is 3.93. The maximum atomic E-state index is 14.5. The predicted molar refractivity (Wildman–Crippen MR) is 126 cm³/mol. The normalized spacial score (nSPS) is 13.2. The molecule has 1 aliphatic rings. The number of carbonyl (C=O) groups is 2. The Kier molecular flexibility index (Phi) is 6.53. The average Bonchev–Trinajstić information content (AvgIpc) is 3.23. The van der Waals surface area contributed by atoms with Crippen LogP contribution in [0, 0.1) is 18.6 Å². The number of anilines is 3. The van der Waals surface area contributed by atoms with E-state index in [-0.39, 0.29) is 38.1 Å². The Bertz CT molecular complexity index is 1460. The molecule has 3 aromatic rings. The van der Waals surface area contributed by atoms with E-state index in [0.29, 0.717) is 5.56 Å². The Morgan fingerprint density at radius 1 is 1.29 bits per heavy atom. The Morgan fingerprint density at radius 3 is 2.66 bits per heavy atom. The molecule has 35 heavy (non-hydrogen) atoms. The van der Waals surface area contributed by atoms with Gasteiger partial charge in [0.25, 0.3) is 15.9 Å². The largest absolute Gasteiger partial charge is 0.469 e. The summed E-state index contributed by atoms with van der Waals surface area (Å²) in [4.78, 5) is 30.3. The van der Waals surface area contributed by atoms with Crippen LogP contribution in [0.5, 0.6) is 5.75 Å². The van der Waals surface area contributed by atoms with E-state index in [4.69, 9.17) is 16.3 Å². The number of benzene rings is 1. The molecule has 0 bridgehead atoms. The molecule has 4 rings (SSSR count). The van der Waals surface area contributed by atoms with Crippen molar-refractivity contribution in [1.82, 2.24) is 9.71 Å². The minimum Gasteiger partial charge on any atom is -0.469 e. The molecule has 0 atom stereocenters. The highest BCUT2D eigenvalue weighted by molar-refractivity contribution is 7.92. The SMILES string of the molecule is CNc1c(F)cc2c(c1F)OCN(c1cnc(NC(=O)NS(=O)(=O)c3ccc(Cl)s3)c(C)c1)C2=O. The zero-order chi connectivity index (χ0) is 25.5. The van der Waals surface area contributed by atoms with E-state index in [0.717, 1.165) is 22.3 Å². The van der Waals surface area contributed by atoms with Crippen LogP contribution in [0.15, 0.2) is 34.7 Å². The smallest absolute Gasteiger partial charge is 0.334 e. The summed E-state index contributed by atoms with van der Waals surface area (Å²) in [6.07, 6.45) is 1.22. The zero-order valence-electron chi connectivity index (χ0n) is 18.0. The molecular formula is C20H16ClF2N5O5S2. The zero-order valence-corrected chi connectivity index (χ0v) is 20.4. The van der Waals surface area contributed by atoms with Crippen molar-refractivity contribution in [2.75, 3.05) is 29.3 Å². The van der Waals surface area contributed by atoms with E-state index in [2.05, 4.69) is 15.6 Å². The van der Waals surface area contributed by atoms with Crippen molar-refractivity contribution in [3.63, 3.8) is 0 Å². The fourth-order valence-corrected chi connectivity index (χ4v) is 5.63. The molecule has 1 aliphatic heterocycles. The van der Waals surface area contributed by atoms with Gasteiger partial charge in [-0.3, -0.25) is 15.0 Å². The molecule has 3 heterocycles. The van der Waals surface area contributed by atoms with Gasteiger partial charge in [0.1, 0.15) is 21.5 Å². The number of halogens is 3. The molecule has 3 amide bonds. The van der Waals surface area contributed by atoms with Crippen molar-refractivity contribution in [2.45, 2.75) is 11.1 Å². The van der Waals surface area contributed by atoms with Crippen molar-refractivity contribution in [3.05, 3.63) is 57.6 Å². The molecule has 0 unspecified atom stereocenters. The first-order chi connectivity index (χ1) is 16.5. The molecule has 0 aliphatic carbocycles. The van der Waals surface area contributed by atoms with Gasteiger partial charge in [0.15, 0.2) is 18.3 Å². The van der Waals surface area contributed by atoms with Crippen molar-refractivity contribution in [2.24, 2.45) is 0 Å². The van der Waals surface area contributed by atoms with E-state index in [9.17, 15) is 26.8 Å². The molecule has 3 N–H and O–H groups in total. The second kappa shape index (κ2) is 9.28. The van der Waals surface area contributed by atoms with Gasteiger partial charge in [0.05, 0.1) is 21.8 Å². The van der Waals surface area contributed by atoms with Gasteiger partial charge < -0.3 is 10.1 Å². The van der Waals surface area contributed by atoms with E-state index in [1.54, 1.807) is 6.92 Å². The molecule has 0 saturated heterocycles. The number of hydrogen-bond acceptors (Lipinski definition) is 8. The van der Waals surface area contributed by atoms with Gasteiger partial charge in [0.2, 0.25) is 0 Å². The van der Waals surface area contributed by atoms with Gasteiger partial charge in [0, 0.05) is 7.05 Å². The summed E-state index contributed by atoms with van der Waals surface area (Å²) < 4.78 is 60.5. The molecule has 0 fully saturated rings. The first kappa shape index (κ1) is 24.6. The van der Waals surface area contributed by atoms with E-state index in [1.807, 2.05) is 4.72 Å². The summed E-state index contributed by atoms with van der Waals surface area (Å²) in [6.45, 7) is 1.19. The molecule has 0 spiro atoms. The number of nitrogens with one attached hydrogen (secondary N) is 3. The van der Waals surface area contributed by atoms with Crippen LogP contribution in [0.25, 0.3) is 0 Å². The van der Waals surface area contributed by atoms with Crippen LogP contribution in [0.1, 0.15) is 15.9 Å². The number of hydrogen-bond donors (Lipinski definition) is 3. The fraction of sp³-hybridized carbons (Fsp3) is 0.150. The fourth-order valence-electron chi connectivity index (χ4n) is 3.24. The van der Waals surface area contributed by atoms with Crippen molar-refractivity contribution >= 4 is 62.1 Å². The van der Waals surface area contributed by atoms with E-state index >= 15 is 0 Å². The summed E-state index contributed by atoms with van der Waals surface area (Å²) in [5.41, 5.74) is -0.122. The first-order valence-electron chi connectivity index (χ1n) is 9.72. The number of fused-ring (bicyclic) bond motifs is 1. The topological polar surface area (TPSA) is 130 Å². The van der Waals surface area contributed by atoms with Gasteiger partial charge in [-0.25, -0.2) is 31.7 Å².